The minimum atomic E-state index is -0.193. The van der Waals surface area contributed by atoms with E-state index < -0.39 is 0 Å². The van der Waals surface area contributed by atoms with Crippen molar-refractivity contribution in [3.05, 3.63) is 59.7 Å². The smallest absolute Gasteiger partial charge is 0.261 e. The summed E-state index contributed by atoms with van der Waals surface area (Å²) in [5, 5.41) is 8.27. The number of rotatable bonds is 5. The van der Waals surface area contributed by atoms with Gasteiger partial charge in [-0.3, -0.25) is 14.5 Å². The van der Waals surface area contributed by atoms with Crippen molar-refractivity contribution >= 4 is 22.8 Å². The quantitative estimate of drug-likeness (QED) is 0.535. The van der Waals surface area contributed by atoms with E-state index >= 15 is 0 Å². The Kier molecular flexibility index (Phi) is 3.57. The van der Waals surface area contributed by atoms with Crippen molar-refractivity contribution in [3.8, 4) is 0 Å². The predicted octanol–water partition coefficient (Wildman–Crippen LogP) is 2.51. The molecular weight excluding hydrogens is 304 g/mol. The largest absolute Gasteiger partial charge is 0.274 e. The van der Waals surface area contributed by atoms with Crippen LogP contribution in [0.2, 0.25) is 0 Å². The van der Waals surface area contributed by atoms with Gasteiger partial charge in [0.05, 0.1) is 16.6 Å². The van der Waals surface area contributed by atoms with Gasteiger partial charge in [0, 0.05) is 13.1 Å². The highest BCUT2D eigenvalue weighted by Crippen LogP contribution is 2.22. The molecule has 0 unspecified atom stereocenters. The zero-order valence-corrected chi connectivity index (χ0v) is 13.1. The first-order valence-corrected chi connectivity index (χ1v) is 7.99. The summed E-state index contributed by atoms with van der Waals surface area (Å²) in [4.78, 5) is 25.9. The fraction of sp³-hybridized carbons (Fsp3) is 0.222. The van der Waals surface area contributed by atoms with Crippen molar-refractivity contribution in [3.63, 3.8) is 0 Å². The Balaban J connectivity index is 1.37. The Hall–Kier alpha value is -3.02. The van der Waals surface area contributed by atoms with Crippen LogP contribution in [0.4, 0.5) is 0 Å². The van der Waals surface area contributed by atoms with E-state index in [1.165, 1.54) is 4.90 Å². The Labute approximate surface area is 138 Å². The minimum Gasteiger partial charge on any atom is -0.274 e. The molecule has 3 aromatic rings. The van der Waals surface area contributed by atoms with E-state index in [1.807, 2.05) is 28.9 Å². The zero-order chi connectivity index (χ0) is 16.5. The number of amides is 2. The Morgan fingerprint density at radius 3 is 2.17 bits per heavy atom. The topological polar surface area (TPSA) is 68.1 Å². The lowest BCUT2D eigenvalue weighted by atomic mass is 10.1. The summed E-state index contributed by atoms with van der Waals surface area (Å²) in [5.74, 6) is -0.386. The van der Waals surface area contributed by atoms with Crippen molar-refractivity contribution in [1.82, 2.24) is 19.9 Å². The zero-order valence-electron chi connectivity index (χ0n) is 13.1. The maximum absolute atomic E-state index is 12.3. The molecule has 0 spiro atoms. The predicted molar refractivity (Wildman–Crippen MR) is 88.6 cm³/mol. The number of imide groups is 1. The first-order chi connectivity index (χ1) is 11.8. The molecule has 0 atom stereocenters. The summed E-state index contributed by atoms with van der Waals surface area (Å²) in [5.41, 5.74) is 2.88. The summed E-state index contributed by atoms with van der Waals surface area (Å²) in [6.45, 7) is 1.14. The molecule has 0 fully saturated rings. The molecule has 0 saturated carbocycles. The second-order valence-corrected chi connectivity index (χ2v) is 5.82. The van der Waals surface area contributed by atoms with Crippen molar-refractivity contribution in [2.45, 2.75) is 19.4 Å². The van der Waals surface area contributed by atoms with Crippen LogP contribution in [0.15, 0.2) is 48.5 Å². The number of carbonyl (C=O) groups excluding carboxylic acids is 2. The van der Waals surface area contributed by atoms with Gasteiger partial charge >= 0.3 is 0 Å². The van der Waals surface area contributed by atoms with E-state index in [-0.39, 0.29) is 11.8 Å². The number of benzene rings is 2. The molecule has 1 aliphatic heterocycles. The van der Waals surface area contributed by atoms with Gasteiger partial charge in [-0.15, -0.1) is 5.10 Å². The van der Waals surface area contributed by atoms with Crippen LogP contribution in [0.1, 0.15) is 33.6 Å². The first kappa shape index (κ1) is 14.6. The molecule has 4 rings (SSSR count). The van der Waals surface area contributed by atoms with Crippen LogP contribution >= 0.6 is 0 Å². The van der Waals surface area contributed by atoms with Crippen LogP contribution in [0.3, 0.4) is 0 Å². The van der Waals surface area contributed by atoms with Crippen LogP contribution in [-0.2, 0) is 6.54 Å². The van der Waals surface area contributed by atoms with Gasteiger partial charge < -0.3 is 0 Å². The Morgan fingerprint density at radius 2 is 1.42 bits per heavy atom. The van der Waals surface area contributed by atoms with E-state index in [4.69, 9.17) is 0 Å². The van der Waals surface area contributed by atoms with Crippen LogP contribution in [0, 0.1) is 0 Å². The Morgan fingerprint density at radius 1 is 0.792 bits per heavy atom. The second-order valence-electron chi connectivity index (χ2n) is 5.82. The van der Waals surface area contributed by atoms with E-state index in [9.17, 15) is 9.59 Å². The molecule has 2 aromatic carbocycles. The maximum atomic E-state index is 12.3. The molecule has 0 N–H and O–H groups in total. The molecular formula is C18H16N4O2. The second kappa shape index (κ2) is 5.88. The summed E-state index contributed by atoms with van der Waals surface area (Å²) >= 11 is 0. The van der Waals surface area contributed by atoms with Crippen molar-refractivity contribution < 1.29 is 9.59 Å². The monoisotopic (exact) mass is 320 g/mol. The van der Waals surface area contributed by atoms with E-state index in [2.05, 4.69) is 10.3 Å². The number of fused-ring (bicyclic) bond motifs is 2. The number of unbranched alkanes of at least 4 members (excludes halogenated alkanes) is 1. The standard InChI is InChI=1S/C18H16N4O2/c23-17-13-7-1-2-8-14(13)18(24)21(17)11-5-6-12-22-16-10-4-3-9-15(16)19-20-22/h1-4,7-10H,5-6,11-12H2. The third kappa shape index (κ3) is 2.36. The number of hydrogen-bond acceptors (Lipinski definition) is 4. The average Bonchev–Trinajstić information content (AvgIpc) is 3.13. The van der Waals surface area contributed by atoms with Crippen LogP contribution in [0.5, 0.6) is 0 Å². The number of nitrogens with zero attached hydrogens (tertiary/aromatic N) is 4. The number of hydrogen-bond donors (Lipinski definition) is 0. The fourth-order valence-electron chi connectivity index (χ4n) is 3.06. The number of para-hydroxylation sites is 1. The highest BCUT2D eigenvalue weighted by molar-refractivity contribution is 6.21. The summed E-state index contributed by atoms with van der Waals surface area (Å²) < 4.78 is 1.86. The molecule has 6 nitrogen and oxygen atoms in total. The molecule has 2 heterocycles. The summed E-state index contributed by atoms with van der Waals surface area (Å²) in [7, 11) is 0. The average molecular weight is 320 g/mol. The molecule has 0 saturated heterocycles. The van der Waals surface area contributed by atoms with Gasteiger partial charge in [-0.25, -0.2) is 4.68 Å². The molecule has 2 amide bonds. The maximum Gasteiger partial charge on any atom is 0.261 e. The third-order valence-corrected chi connectivity index (χ3v) is 4.30. The first-order valence-electron chi connectivity index (χ1n) is 7.99. The molecule has 1 aliphatic rings. The summed E-state index contributed by atoms with van der Waals surface area (Å²) in [6.07, 6.45) is 1.56. The third-order valence-electron chi connectivity index (χ3n) is 4.30. The Bertz CT molecular complexity index is 896. The van der Waals surface area contributed by atoms with Gasteiger partial charge in [0.1, 0.15) is 5.52 Å². The van der Waals surface area contributed by atoms with Gasteiger partial charge in [-0.05, 0) is 37.1 Å². The van der Waals surface area contributed by atoms with E-state index in [0.717, 1.165) is 23.9 Å². The van der Waals surface area contributed by atoms with Crippen LogP contribution < -0.4 is 0 Å². The lowest BCUT2D eigenvalue weighted by molar-refractivity contribution is 0.0651. The molecule has 6 heteroatoms. The molecule has 1 aromatic heterocycles. The molecule has 24 heavy (non-hydrogen) atoms. The van der Waals surface area contributed by atoms with Gasteiger partial charge in [0.15, 0.2) is 0 Å². The molecule has 0 bridgehead atoms. The van der Waals surface area contributed by atoms with Crippen molar-refractivity contribution in [2.75, 3.05) is 6.54 Å². The van der Waals surface area contributed by atoms with E-state index in [1.54, 1.807) is 24.3 Å². The highest BCUT2D eigenvalue weighted by Gasteiger charge is 2.34. The lowest BCUT2D eigenvalue weighted by Gasteiger charge is -2.13. The number of carbonyl (C=O) groups is 2. The highest BCUT2D eigenvalue weighted by atomic mass is 16.2. The lowest BCUT2D eigenvalue weighted by Crippen LogP contribution is -2.30. The van der Waals surface area contributed by atoms with Crippen molar-refractivity contribution in [2.24, 2.45) is 0 Å². The van der Waals surface area contributed by atoms with Crippen LogP contribution in [0.25, 0.3) is 11.0 Å². The van der Waals surface area contributed by atoms with Gasteiger partial charge in [0.2, 0.25) is 0 Å². The van der Waals surface area contributed by atoms with Crippen molar-refractivity contribution in [1.29, 1.82) is 0 Å². The molecule has 0 aliphatic carbocycles. The van der Waals surface area contributed by atoms with Gasteiger partial charge in [-0.1, -0.05) is 29.5 Å². The normalized spacial score (nSPS) is 13.8. The fourth-order valence-corrected chi connectivity index (χ4v) is 3.06. The van der Waals surface area contributed by atoms with Gasteiger partial charge in [-0.2, -0.15) is 0 Å². The minimum absolute atomic E-state index is 0.193. The molecule has 0 radical (unpaired) electrons. The number of aryl methyl sites for hydroxylation is 1. The number of aromatic nitrogens is 3. The van der Waals surface area contributed by atoms with Crippen LogP contribution in [-0.4, -0.2) is 38.3 Å². The van der Waals surface area contributed by atoms with Gasteiger partial charge in [0.25, 0.3) is 11.8 Å². The molecule has 120 valence electrons. The van der Waals surface area contributed by atoms with E-state index in [0.29, 0.717) is 24.2 Å². The SMILES string of the molecule is O=C1c2ccccc2C(=O)N1CCCCn1nnc2ccccc21. The summed E-state index contributed by atoms with van der Waals surface area (Å²) in [6, 6.07) is 14.8.